The van der Waals surface area contributed by atoms with E-state index < -0.39 is 12.2 Å². The van der Waals surface area contributed by atoms with Gasteiger partial charge in [-0.3, -0.25) is 0 Å². The maximum Gasteiger partial charge on any atom is 0.299 e. The number of hydrogen-bond donors (Lipinski definition) is 1. The number of alkyl halides is 2. The van der Waals surface area contributed by atoms with Crippen LogP contribution in [0, 0.1) is 4.77 Å². The van der Waals surface area contributed by atoms with Gasteiger partial charge in [0.1, 0.15) is 0 Å². The van der Waals surface area contributed by atoms with E-state index in [4.69, 9.17) is 26.4 Å². The third-order valence-electron chi connectivity index (χ3n) is 2.88. The van der Waals surface area contributed by atoms with Gasteiger partial charge in [0.15, 0.2) is 11.5 Å². The normalized spacial score (nSPS) is 11.2. The molecule has 10 heteroatoms. The summed E-state index contributed by atoms with van der Waals surface area (Å²) < 4.78 is 42.1. The zero-order valence-electron chi connectivity index (χ0n) is 12.5. The third-order valence-corrected chi connectivity index (χ3v) is 3.14. The summed E-state index contributed by atoms with van der Waals surface area (Å²) in [5, 5.41) is 9.63. The number of hydrogen-bond acceptors (Lipinski definition) is 6. The SMILES string of the molecule is COc1cc(/C=N\n2c(C(F)F)n[nH]c2=S)cc(OC)c1OC. The van der Waals surface area contributed by atoms with Crippen molar-refractivity contribution in [3.8, 4) is 17.2 Å². The Bertz CT molecular complexity index is 748. The highest BCUT2D eigenvalue weighted by Gasteiger charge is 2.16. The monoisotopic (exact) mass is 344 g/mol. The van der Waals surface area contributed by atoms with E-state index >= 15 is 0 Å². The molecular weight excluding hydrogens is 330 g/mol. The average Bonchev–Trinajstić information content (AvgIpc) is 2.92. The van der Waals surface area contributed by atoms with Gasteiger partial charge >= 0.3 is 0 Å². The molecular formula is C13H14F2N4O3S. The molecule has 0 unspecified atom stereocenters. The van der Waals surface area contributed by atoms with Crippen molar-refractivity contribution in [3.63, 3.8) is 0 Å². The summed E-state index contributed by atoms with van der Waals surface area (Å²) in [5.41, 5.74) is 0.544. The van der Waals surface area contributed by atoms with Crippen LogP contribution in [0.1, 0.15) is 17.8 Å². The van der Waals surface area contributed by atoms with Crippen molar-refractivity contribution in [1.82, 2.24) is 14.9 Å². The van der Waals surface area contributed by atoms with Gasteiger partial charge in [-0.05, 0) is 24.4 Å². The quantitative estimate of drug-likeness (QED) is 0.644. The largest absolute Gasteiger partial charge is 0.493 e. The number of aromatic amines is 1. The van der Waals surface area contributed by atoms with E-state index in [0.29, 0.717) is 22.8 Å². The number of aromatic nitrogens is 3. The molecule has 1 aromatic heterocycles. The van der Waals surface area contributed by atoms with Gasteiger partial charge in [-0.25, -0.2) is 13.9 Å². The van der Waals surface area contributed by atoms with Gasteiger partial charge < -0.3 is 14.2 Å². The van der Waals surface area contributed by atoms with E-state index in [1.165, 1.54) is 27.5 Å². The number of H-pyrrole nitrogens is 1. The summed E-state index contributed by atoms with van der Waals surface area (Å²) in [4.78, 5) is 0. The number of benzene rings is 1. The zero-order valence-corrected chi connectivity index (χ0v) is 13.4. The summed E-state index contributed by atoms with van der Waals surface area (Å²) >= 11 is 4.87. The molecule has 0 aliphatic heterocycles. The van der Waals surface area contributed by atoms with Crippen LogP contribution in [0.4, 0.5) is 8.78 Å². The molecule has 0 aliphatic carbocycles. The number of nitrogens with zero attached hydrogens (tertiary/aromatic N) is 3. The topological polar surface area (TPSA) is 73.7 Å². The second-order valence-corrected chi connectivity index (χ2v) is 4.59. The van der Waals surface area contributed by atoms with Gasteiger partial charge in [-0.2, -0.15) is 14.9 Å². The Morgan fingerprint density at radius 1 is 1.22 bits per heavy atom. The lowest BCUT2D eigenvalue weighted by Crippen LogP contribution is -2.00. The first-order valence-electron chi connectivity index (χ1n) is 6.31. The number of rotatable bonds is 6. The Labute approximate surface area is 135 Å². The first-order chi connectivity index (χ1) is 11.0. The minimum absolute atomic E-state index is 0.0380. The van der Waals surface area contributed by atoms with Crippen molar-refractivity contribution in [2.24, 2.45) is 5.10 Å². The molecule has 0 aliphatic rings. The highest BCUT2D eigenvalue weighted by Crippen LogP contribution is 2.37. The fraction of sp³-hybridized carbons (Fsp3) is 0.308. The summed E-state index contributed by atoms with van der Waals surface area (Å²) in [6.07, 6.45) is -1.47. The molecule has 0 fully saturated rings. The lowest BCUT2D eigenvalue weighted by Gasteiger charge is -2.12. The van der Waals surface area contributed by atoms with E-state index in [1.54, 1.807) is 12.1 Å². The Kier molecular flexibility index (Phi) is 5.27. The lowest BCUT2D eigenvalue weighted by molar-refractivity contribution is 0.136. The molecule has 0 atom stereocenters. The molecule has 0 bridgehead atoms. The average molecular weight is 344 g/mol. The standard InChI is InChI=1S/C13H14F2N4O3S/c1-20-8-4-7(5-9(21-2)10(8)22-3)6-16-19-12(11(14)15)17-18-13(19)23/h4-6,11H,1-3H3,(H,18,23)/b16-6-. The minimum atomic E-state index is -2.81. The van der Waals surface area contributed by atoms with Gasteiger partial charge in [-0.1, -0.05) is 0 Å². The Hall–Kier alpha value is -2.49. The lowest BCUT2D eigenvalue weighted by atomic mass is 10.2. The molecule has 0 saturated carbocycles. The second-order valence-electron chi connectivity index (χ2n) is 4.20. The zero-order chi connectivity index (χ0) is 17.0. The van der Waals surface area contributed by atoms with Crippen LogP contribution < -0.4 is 14.2 Å². The summed E-state index contributed by atoms with van der Waals surface area (Å²) in [6, 6.07) is 3.24. The van der Waals surface area contributed by atoms with Crippen LogP contribution in [-0.4, -0.2) is 42.4 Å². The molecule has 7 nitrogen and oxygen atoms in total. The highest BCUT2D eigenvalue weighted by atomic mass is 32.1. The molecule has 1 aromatic carbocycles. The molecule has 2 aromatic rings. The van der Waals surface area contributed by atoms with Crippen LogP contribution in [-0.2, 0) is 0 Å². The molecule has 0 saturated heterocycles. The Morgan fingerprint density at radius 3 is 2.30 bits per heavy atom. The Balaban J connectivity index is 2.44. The van der Waals surface area contributed by atoms with Crippen molar-refractivity contribution in [3.05, 3.63) is 28.3 Å². The van der Waals surface area contributed by atoms with Crippen LogP contribution in [0.25, 0.3) is 0 Å². The van der Waals surface area contributed by atoms with Gasteiger partial charge in [-0.15, -0.1) is 0 Å². The van der Waals surface area contributed by atoms with E-state index in [-0.39, 0.29) is 4.77 Å². The number of halogens is 2. The summed E-state index contributed by atoms with van der Waals surface area (Å²) in [6.45, 7) is 0. The van der Waals surface area contributed by atoms with Crippen LogP contribution in [0.5, 0.6) is 17.2 Å². The van der Waals surface area contributed by atoms with Crippen molar-refractivity contribution in [2.45, 2.75) is 6.43 Å². The van der Waals surface area contributed by atoms with Crippen LogP contribution in [0.2, 0.25) is 0 Å². The number of methoxy groups -OCH3 is 3. The van der Waals surface area contributed by atoms with Crippen LogP contribution in [0.15, 0.2) is 17.2 Å². The molecule has 0 spiro atoms. The molecule has 0 radical (unpaired) electrons. The van der Waals surface area contributed by atoms with Crippen molar-refractivity contribution in [1.29, 1.82) is 0 Å². The van der Waals surface area contributed by atoms with Gasteiger partial charge in [0, 0.05) is 5.56 Å². The Morgan fingerprint density at radius 2 is 1.83 bits per heavy atom. The van der Waals surface area contributed by atoms with Crippen molar-refractivity contribution in [2.75, 3.05) is 21.3 Å². The van der Waals surface area contributed by atoms with E-state index in [2.05, 4.69) is 15.3 Å². The van der Waals surface area contributed by atoms with Crippen molar-refractivity contribution < 1.29 is 23.0 Å². The molecule has 124 valence electrons. The molecule has 2 rings (SSSR count). The fourth-order valence-electron chi connectivity index (χ4n) is 1.86. The summed E-state index contributed by atoms with van der Waals surface area (Å²) in [7, 11) is 4.42. The molecule has 0 amide bonds. The first-order valence-corrected chi connectivity index (χ1v) is 6.72. The first kappa shape index (κ1) is 16.9. The predicted molar refractivity (Wildman–Crippen MR) is 81.5 cm³/mol. The van der Waals surface area contributed by atoms with E-state index in [1.807, 2.05) is 0 Å². The van der Waals surface area contributed by atoms with E-state index in [0.717, 1.165) is 4.68 Å². The number of ether oxygens (including phenoxy) is 3. The third kappa shape index (κ3) is 3.47. The van der Waals surface area contributed by atoms with Gasteiger partial charge in [0.2, 0.25) is 16.3 Å². The molecule has 1 N–H and O–H groups in total. The molecule has 23 heavy (non-hydrogen) atoms. The maximum absolute atomic E-state index is 12.8. The van der Waals surface area contributed by atoms with Crippen LogP contribution >= 0.6 is 12.2 Å². The van der Waals surface area contributed by atoms with Crippen LogP contribution in [0.3, 0.4) is 0 Å². The predicted octanol–water partition coefficient (Wildman–Crippen LogP) is 2.79. The second kappa shape index (κ2) is 7.18. The smallest absolute Gasteiger partial charge is 0.299 e. The highest BCUT2D eigenvalue weighted by molar-refractivity contribution is 7.71. The van der Waals surface area contributed by atoms with Gasteiger partial charge in [0.05, 0.1) is 27.5 Å². The minimum Gasteiger partial charge on any atom is -0.493 e. The maximum atomic E-state index is 12.8. The molecule has 1 heterocycles. The fourth-order valence-corrected chi connectivity index (χ4v) is 2.04. The van der Waals surface area contributed by atoms with Crippen molar-refractivity contribution >= 4 is 18.4 Å². The van der Waals surface area contributed by atoms with Gasteiger partial charge in [0.25, 0.3) is 6.43 Å². The summed E-state index contributed by atoms with van der Waals surface area (Å²) in [5.74, 6) is 0.676. The van der Waals surface area contributed by atoms with E-state index in [9.17, 15) is 8.78 Å². The number of nitrogens with one attached hydrogen (secondary N) is 1.